The first kappa shape index (κ1) is 19.2. The van der Waals surface area contributed by atoms with E-state index in [4.69, 9.17) is 16.0 Å². The maximum atomic E-state index is 13.1. The zero-order valence-electron chi connectivity index (χ0n) is 14.6. The van der Waals surface area contributed by atoms with Crippen LogP contribution in [0.25, 0.3) is 0 Å². The highest BCUT2D eigenvalue weighted by atomic mass is 35.5. The quantitative estimate of drug-likeness (QED) is 0.669. The highest BCUT2D eigenvalue weighted by molar-refractivity contribution is 7.91. The first-order valence-corrected chi connectivity index (χ1v) is 10.2. The Hall–Kier alpha value is -2.57. The largest absolute Gasteiger partial charge is 0.468 e. The first-order valence-electron chi connectivity index (χ1n) is 8.25. The number of hydrogen-bond donors (Lipinski definition) is 1. The maximum absolute atomic E-state index is 13.1. The van der Waals surface area contributed by atoms with Crippen molar-refractivity contribution in [1.29, 1.82) is 0 Å². The molecule has 0 saturated carbocycles. The number of hydrogen-bond acceptors (Lipinski definition) is 4. The average molecular weight is 404 g/mol. The molecule has 1 atom stereocenters. The van der Waals surface area contributed by atoms with Gasteiger partial charge in [0.2, 0.25) is 0 Å². The lowest BCUT2D eigenvalue weighted by Crippen LogP contribution is -2.31. The molecule has 1 N–H and O–H groups in total. The monoisotopic (exact) mass is 403 g/mol. The molecule has 1 heterocycles. The van der Waals surface area contributed by atoms with Crippen LogP contribution in [0, 0.1) is 6.92 Å². The molecule has 0 aliphatic rings. The SMILES string of the molecule is Cc1ccc(S(=O)(=O)[C@@H](CNC(=O)c2ccc(Cl)cc2)c2ccco2)cc1. The number of halogens is 1. The molecule has 5 nitrogen and oxygen atoms in total. The summed E-state index contributed by atoms with van der Waals surface area (Å²) in [6, 6.07) is 16.1. The van der Waals surface area contributed by atoms with Gasteiger partial charge in [0, 0.05) is 17.1 Å². The van der Waals surface area contributed by atoms with Gasteiger partial charge in [-0.05, 0) is 55.5 Å². The molecule has 3 rings (SSSR count). The van der Waals surface area contributed by atoms with Crippen LogP contribution < -0.4 is 5.32 Å². The van der Waals surface area contributed by atoms with Crippen LogP contribution in [0.3, 0.4) is 0 Å². The van der Waals surface area contributed by atoms with E-state index in [1.54, 1.807) is 60.7 Å². The Labute approximate surface area is 162 Å². The molecule has 140 valence electrons. The van der Waals surface area contributed by atoms with Crippen molar-refractivity contribution < 1.29 is 17.6 Å². The second-order valence-electron chi connectivity index (χ2n) is 6.08. The lowest BCUT2D eigenvalue weighted by molar-refractivity contribution is 0.0953. The van der Waals surface area contributed by atoms with Crippen LogP contribution in [0.15, 0.2) is 76.2 Å². The van der Waals surface area contributed by atoms with Gasteiger partial charge in [-0.3, -0.25) is 4.79 Å². The number of sulfone groups is 1. The molecular formula is C20H18ClNO4S. The third-order valence-electron chi connectivity index (χ3n) is 4.14. The van der Waals surface area contributed by atoms with E-state index >= 15 is 0 Å². The molecule has 0 radical (unpaired) electrons. The molecule has 0 spiro atoms. The van der Waals surface area contributed by atoms with Gasteiger partial charge < -0.3 is 9.73 Å². The Balaban J connectivity index is 1.85. The predicted molar refractivity (Wildman–Crippen MR) is 104 cm³/mol. The lowest BCUT2D eigenvalue weighted by atomic mass is 10.2. The number of nitrogens with one attached hydrogen (secondary N) is 1. The van der Waals surface area contributed by atoms with Gasteiger partial charge in [-0.1, -0.05) is 29.3 Å². The summed E-state index contributed by atoms with van der Waals surface area (Å²) >= 11 is 5.83. The van der Waals surface area contributed by atoms with Gasteiger partial charge in [-0.15, -0.1) is 0 Å². The summed E-state index contributed by atoms with van der Waals surface area (Å²) in [7, 11) is -3.75. The number of rotatable bonds is 6. The fourth-order valence-electron chi connectivity index (χ4n) is 2.62. The summed E-state index contributed by atoms with van der Waals surface area (Å²) in [4.78, 5) is 12.5. The van der Waals surface area contributed by atoms with Crippen LogP contribution in [-0.2, 0) is 9.84 Å². The fourth-order valence-corrected chi connectivity index (χ4v) is 4.33. The minimum atomic E-state index is -3.75. The molecule has 1 aromatic heterocycles. The van der Waals surface area contributed by atoms with Crippen molar-refractivity contribution in [2.24, 2.45) is 0 Å². The predicted octanol–water partition coefficient (Wildman–Crippen LogP) is 4.19. The van der Waals surface area contributed by atoms with Gasteiger partial charge in [0.15, 0.2) is 9.84 Å². The standard InChI is InChI=1S/C20H18ClNO4S/c1-14-4-10-17(11-5-14)27(24,25)19(18-3-2-12-26-18)13-22-20(23)15-6-8-16(21)9-7-15/h2-12,19H,13H2,1H3,(H,22,23)/t19-/m0/s1. The average Bonchev–Trinajstić information content (AvgIpc) is 3.16. The van der Waals surface area contributed by atoms with E-state index in [2.05, 4.69) is 5.32 Å². The molecule has 1 amide bonds. The molecule has 0 fully saturated rings. The van der Waals surface area contributed by atoms with E-state index in [0.717, 1.165) is 5.56 Å². The van der Waals surface area contributed by atoms with Crippen LogP contribution in [-0.4, -0.2) is 20.9 Å². The highest BCUT2D eigenvalue weighted by Crippen LogP contribution is 2.29. The topological polar surface area (TPSA) is 76.4 Å². The summed E-state index contributed by atoms with van der Waals surface area (Å²) in [5, 5.41) is 2.15. The normalized spacial score (nSPS) is 12.5. The van der Waals surface area contributed by atoms with Gasteiger partial charge in [-0.2, -0.15) is 0 Å². The number of amides is 1. The van der Waals surface area contributed by atoms with Crippen molar-refractivity contribution in [2.45, 2.75) is 17.1 Å². The smallest absolute Gasteiger partial charge is 0.251 e. The molecule has 0 aliphatic carbocycles. The minimum Gasteiger partial charge on any atom is -0.468 e. The Morgan fingerprint density at radius 2 is 1.74 bits per heavy atom. The molecule has 0 aliphatic heterocycles. The Morgan fingerprint density at radius 1 is 1.07 bits per heavy atom. The van der Waals surface area contributed by atoms with E-state index in [-0.39, 0.29) is 23.1 Å². The van der Waals surface area contributed by atoms with Gasteiger partial charge in [0.1, 0.15) is 11.0 Å². The van der Waals surface area contributed by atoms with E-state index in [9.17, 15) is 13.2 Å². The first-order chi connectivity index (χ1) is 12.9. The van der Waals surface area contributed by atoms with Crippen LogP contribution in [0.5, 0.6) is 0 Å². The number of benzene rings is 2. The summed E-state index contributed by atoms with van der Waals surface area (Å²) in [6.45, 7) is 1.76. The van der Waals surface area contributed by atoms with Crippen molar-refractivity contribution >= 4 is 27.3 Å². The molecule has 3 aromatic rings. The van der Waals surface area contributed by atoms with Gasteiger partial charge in [0.05, 0.1) is 11.2 Å². The summed E-state index contributed by atoms with van der Waals surface area (Å²) in [5.74, 6) is -0.116. The van der Waals surface area contributed by atoms with Gasteiger partial charge in [0.25, 0.3) is 5.91 Å². The Kier molecular flexibility index (Phi) is 5.68. The Bertz CT molecular complexity index is 1010. The third-order valence-corrected chi connectivity index (χ3v) is 6.47. The Morgan fingerprint density at radius 3 is 2.33 bits per heavy atom. The van der Waals surface area contributed by atoms with Crippen molar-refractivity contribution in [3.05, 3.63) is 88.8 Å². The van der Waals surface area contributed by atoms with Gasteiger partial charge in [-0.25, -0.2) is 8.42 Å². The van der Waals surface area contributed by atoms with Crippen LogP contribution in [0.2, 0.25) is 5.02 Å². The van der Waals surface area contributed by atoms with Gasteiger partial charge >= 0.3 is 0 Å². The highest BCUT2D eigenvalue weighted by Gasteiger charge is 2.31. The molecule has 7 heteroatoms. The van der Waals surface area contributed by atoms with Crippen molar-refractivity contribution in [2.75, 3.05) is 6.54 Å². The van der Waals surface area contributed by atoms with E-state index in [1.165, 1.54) is 6.26 Å². The molecule has 0 bridgehead atoms. The lowest BCUT2D eigenvalue weighted by Gasteiger charge is -2.17. The summed E-state index contributed by atoms with van der Waals surface area (Å²) in [6.07, 6.45) is 1.41. The van der Waals surface area contributed by atoms with Crippen molar-refractivity contribution in [3.8, 4) is 0 Å². The zero-order valence-corrected chi connectivity index (χ0v) is 16.1. The maximum Gasteiger partial charge on any atom is 0.251 e. The van der Waals surface area contributed by atoms with Crippen LogP contribution >= 0.6 is 11.6 Å². The number of carbonyl (C=O) groups excluding carboxylic acids is 1. The van der Waals surface area contributed by atoms with Crippen molar-refractivity contribution in [3.63, 3.8) is 0 Å². The molecular weight excluding hydrogens is 386 g/mol. The number of carbonyl (C=O) groups is 1. The number of furan rings is 1. The molecule has 0 unspecified atom stereocenters. The van der Waals surface area contributed by atoms with E-state index in [0.29, 0.717) is 10.6 Å². The van der Waals surface area contributed by atoms with Crippen LogP contribution in [0.1, 0.15) is 26.9 Å². The summed E-state index contributed by atoms with van der Waals surface area (Å²) < 4.78 is 31.5. The second kappa shape index (κ2) is 7.98. The number of aryl methyl sites for hydroxylation is 1. The van der Waals surface area contributed by atoms with Crippen molar-refractivity contribution in [1.82, 2.24) is 5.32 Å². The minimum absolute atomic E-state index is 0.120. The second-order valence-corrected chi connectivity index (χ2v) is 8.65. The fraction of sp³-hybridized carbons (Fsp3) is 0.150. The summed E-state index contributed by atoms with van der Waals surface area (Å²) in [5.41, 5.74) is 1.35. The third kappa shape index (κ3) is 4.40. The molecule has 27 heavy (non-hydrogen) atoms. The van der Waals surface area contributed by atoms with E-state index < -0.39 is 15.1 Å². The zero-order chi connectivity index (χ0) is 19.4. The van der Waals surface area contributed by atoms with Crippen LogP contribution in [0.4, 0.5) is 0 Å². The molecule has 0 saturated heterocycles. The van der Waals surface area contributed by atoms with E-state index in [1.807, 2.05) is 6.92 Å². The molecule has 2 aromatic carbocycles.